The van der Waals surface area contributed by atoms with Crippen LogP contribution in [0.4, 0.5) is 4.79 Å². The zero-order valence-corrected chi connectivity index (χ0v) is 32.9. The quantitative estimate of drug-likeness (QED) is 0.214. The molecular weight excluding hydrogens is 686 g/mol. The number of aryl methyl sites for hydroxylation is 1. The van der Waals surface area contributed by atoms with Crippen molar-refractivity contribution < 1.29 is 33.5 Å². The molecule has 0 spiro atoms. The Balaban J connectivity index is 1.37. The molecule has 0 bridgehead atoms. The van der Waals surface area contributed by atoms with Gasteiger partial charge >= 0.3 is 6.09 Å². The number of nitrogens with zero attached hydrogens (tertiary/aromatic N) is 3. The van der Waals surface area contributed by atoms with E-state index in [4.69, 9.17) is 4.74 Å². The van der Waals surface area contributed by atoms with Gasteiger partial charge in [0.15, 0.2) is 11.6 Å². The number of hydrogen-bond acceptors (Lipinski definition) is 7. The van der Waals surface area contributed by atoms with Gasteiger partial charge in [-0.3, -0.25) is 24.0 Å². The summed E-state index contributed by atoms with van der Waals surface area (Å²) in [5.74, 6) is -1.08. The number of carbonyl (C=O) groups is 6. The molecule has 0 radical (unpaired) electrons. The van der Waals surface area contributed by atoms with Gasteiger partial charge in [-0.1, -0.05) is 65.3 Å². The molecule has 1 unspecified atom stereocenters. The molecule has 4 amide bonds. The van der Waals surface area contributed by atoms with Gasteiger partial charge in [0.2, 0.25) is 17.7 Å². The number of alkyl carbamates (subject to hydrolysis) is 1. The van der Waals surface area contributed by atoms with E-state index in [1.807, 2.05) is 39.8 Å². The Labute approximate surface area is 318 Å². The minimum absolute atomic E-state index is 0.0113. The van der Waals surface area contributed by atoms with E-state index in [1.54, 1.807) is 9.80 Å². The number of Topliss-reactive ketones (excluding diaryl/α,β-unsaturated/α-hetero) is 2. The van der Waals surface area contributed by atoms with Crippen LogP contribution in [0.5, 0.6) is 0 Å². The van der Waals surface area contributed by atoms with Crippen LogP contribution in [0.2, 0.25) is 0 Å². The Morgan fingerprint density at radius 3 is 1.61 bits per heavy atom. The number of fused-ring (bicyclic) bond motifs is 3. The second-order valence-electron chi connectivity index (χ2n) is 15.7. The summed E-state index contributed by atoms with van der Waals surface area (Å²) in [7, 11) is 1.26. The summed E-state index contributed by atoms with van der Waals surface area (Å²) in [6.07, 6.45) is 4.26. The predicted octanol–water partition coefficient (Wildman–Crippen LogP) is 5.34. The Hall–Kier alpha value is -4.74. The van der Waals surface area contributed by atoms with Crippen LogP contribution in [0.3, 0.4) is 0 Å². The highest BCUT2D eigenvalue weighted by Gasteiger charge is 2.40. The van der Waals surface area contributed by atoms with Crippen molar-refractivity contribution in [1.29, 1.82) is 0 Å². The standard InChI is InChI=1S/C42H57N5O7/c1-8-9-18-45-34-21-28(23-36(49)32-12-10-19-46(32)40(51)38(25(2)3)43-27(6)48)14-16-30(34)31-17-15-29(22-35(31)45)24-37(50)33-13-11-20-47(33)41(52)39(26(4)5)44-42(53)54-7/h14-17,21-22,25-26,32-33,38-39H,8-13,18-20,23-24H2,1-7H3,(H,43,48)(H,44,53)/t32?,33-,38+,39+/m0/s1. The van der Waals surface area contributed by atoms with Gasteiger partial charge in [0.05, 0.1) is 19.2 Å². The summed E-state index contributed by atoms with van der Waals surface area (Å²) in [5, 5.41) is 7.54. The van der Waals surface area contributed by atoms with Crippen molar-refractivity contribution in [3.63, 3.8) is 0 Å². The van der Waals surface area contributed by atoms with Crippen LogP contribution in [0.15, 0.2) is 36.4 Å². The number of likely N-dealkylation sites (tertiary alicyclic amines) is 2. The zero-order chi connectivity index (χ0) is 39.3. The first-order valence-corrected chi connectivity index (χ1v) is 19.6. The largest absolute Gasteiger partial charge is 0.453 e. The predicted molar refractivity (Wildman–Crippen MR) is 208 cm³/mol. The molecule has 2 N–H and O–H groups in total. The third-order valence-electron chi connectivity index (χ3n) is 11.0. The number of carbonyl (C=O) groups excluding carboxylic acids is 6. The van der Waals surface area contributed by atoms with Crippen molar-refractivity contribution in [2.45, 2.75) is 124 Å². The average molecular weight is 744 g/mol. The first kappa shape index (κ1) is 40.4. The van der Waals surface area contributed by atoms with Gasteiger partial charge in [-0.25, -0.2) is 4.79 Å². The third kappa shape index (κ3) is 8.79. The highest BCUT2D eigenvalue weighted by atomic mass is 16.5. The second kappa shape index (κ2) is 17.6. The lowest BCUT2D eigenvalue weighted by Gasteiger charge is -2.30. The van der Waals surface area contributed by atoms with Crippen molar-refractivity contribution in [3.05, 3.63) is 47.5 Å². The van der Waals surface area contributed by atoms with Crippen LogP contribution in [0.25, 0.3) is 21.8 Å². The fraction of sp³-hybridized carbons (Fsp3) is 0.571. The molecule has 2 fully saturated rings. The van der Waals surface area contributed by atoms with Gasteiger partial charge in [-0.15, -0.1) is 0 Å². The van der Waals surface area contributed by atoms with E-state index in [0.717, 1.165) is 58.7 Å². The normalized spacial score (nSPS) is 18.4. The molecule has 2 aliphatic rings. The highest BCUT2D eigenvalue weighted by Crippen LogP contribution is 2.33. The van der Waals surface area contributed by atoms with E-state index >= 15 is 0 Å². The molecule has 0 saturated carbocycles. The number of aromatic nitrogens is 1. The lowest BCUT2D eigenvalue weighted by molar-refractivity contribution is -0.141. The summed E-state index contributed by atoms with van der Waals surface area (Å²) >= 11 is 0. The molecule has 1 aromatic heterocycles. The highest BCUT2D eigenvalue weighted by molar-refractivity contribution is 6.09. The molecule has 2 saturated heterocycles. The van der Waals surface area contributed by atoms with Gasteiger partial charge in [-0.2, -0.15) is 0 Å². The van der Waals surface area contributed by atoms with Crippen LogP contribution in [0.1, 0.15) is 91.2 Å². The number of amides is 4. The van der Waals surface area contributed by atoms with Crippen LogP contribution in [-0.4, -0.2) is 94.1 Å². The monoisotopic (exact) mass is 743 g/mol. The zero-order valence-electron chi connectivity index (χ0n) is 32.9. The maximum atomic E-state index is 13.8. The lowest BCUT2D eigenvalue weighted by Crippen LogP contribution is -2.53. The molecule has 54 heavy (non-hydrogen) atoms. The van der Waals surface area contributed by atoms with E-state index in [0.29, 0.717) is 32.4 Å². The van der Waals surface area contributed by atoms with Crippen LogP contribution in [0, 0.1) is 11.8 Å². The maximum Gasteiger partial charge on any atom is 0.407 e. The van der Waals surface area contributed by atoms with E-state index in [1.165, 1.54) is 14.0 Å². The number of ketones is 2. The third-order valence-corrected chi connectivity index (χ3v) is 11.0. The minimum atomic E-state index is -0.788. The average Bonchev–Trinajstić information content (AvgIpc) is 3.89. The molecular formula is C42H57N5O7. The van der Waals surface area contributed by atoms with E-state index < -0.39 is 30.3 Å². The molecule has 0 aliphatic carbocycles. The van der Waals surface area contributed by atoms with Gasteiger partial charge in [-0.05, 0) is 67.2 Å². The van der Waals surface area contributed by atoms with E-state index in [-0.39, 0.29) is 54.0 Å². The number of ether oxygens (including phenoxy) is 1. The van der Waals surface area contributed by atoms with Gasteiger partial charge in [0.25, 0.3) is 0 Å². The number of benzene rings is 2. The number of hydrogen-bond donors (Lipinski definition) is 2. The molecule has 12 nitrogen and oxygen atoms in total. The van der Waals surface area contributed by atoms with Crippen molar-refractivity contribution in [2.24, 2.45) is 11.8 Å². The molecule has 5 rings (SSSR count). The van der Waals surface area contributed by atoms with Crippen LogP contribution >= 0.6 is 0 Å². The molecule has 2 aromatic carbocycles. The lowest BCUT2D eigenvalue weighted by atomic mass is 9.98. The topological polar surface area (TPSA) is 147 Å². The number of methoxy groups -OCH3 is 1. The summed E-state index contributed by atoms with van der Waals surface area (Å²) in [6, 6.07) is 9.70. The van der Waals surface area contributed by atoms with E-state index in [2.05, 4.69) is 46.4 Å². The molecule has 12 heteroatoms. The molecule has 3 aromatic rings. The van der Waals surface area contributed by atoms with E-state index in [9.17, 15) is 28.8 Å². The number of nitrogens with one attached hydrogen (secondary N) is 2. The minimum Gasteiger partial charge on any atom is -0.453 e. The van der Waals surface area contributed by atoms with Crippen molar-refractivity contribution in [3.8, 4) is 0 Å². The molecule has 2 aliphatic heterocycles. The Bertz CT molecular complexity index is 1900. The molecule has 4 atom stereocenters. The fourth-order valence-electron chi connectivity index (χ4n) is 8.12. The van der Waals surface area contributed by atoms with Gasteiger partial charge < -0.3 is 29.7 Å². The SMILES string of the molecule is CCCCn1c2cc(CC(=O)C3CCCN3C(=O)[C@H](NC(C)=O)C(C)C)ccc2c2ccc(CC(=O)[C@@H]3CCCN3C(=O)[C@H](NC(=O)OC)C(C)C)cc21. The van der Waals surface area contributed by atoms with Gasteiger partial charge in [0.1, 0.15) is 12.1 Å². The smallest absolute Gasteiger partial charge is 0.407 e. The first-order valence-electron chi connectivity index (χ1n) is 19.6. The number of unbranched alkanes of at least 4 members (excludes halogenated alkanes) is 1. The van der Waals surface area contributed by atoms with Crippen molar-refractivity contribution in [2.75, 3.05) is 20.2 Å². The van der Waals surface area contributed by atoms with Crippen LogP contribution < -0.4 is 10.6 Å². The van der Waals surface area contributed by atoms with Crippen molar-refractivity contribution >= 4 is 57.2 Å². The maximum absolute atomic E-state index is 13.8. The summed E-state index contributed by atoms with van der Waals surface area (Å²) in [6.45, 7) is 12.8. The Morgan fingerprint density at radius 2 is 1.20 bits per heavy atom. The Morgan fingerprint density at radius 1 is 0.741 bits per heavy atom. The summed E-state index contributed by atoms with van der Waals surface area (Å²) in [5.41, 5.74) is 3.76. The fourth-order valence-corrected chi connectivity index (χ4v) is 8.12. The van der Waals surface area contributed by atoms with Crippen molar-refractivity contribution in [1.82, 2.24) is 25.0 Å². The van der Waals surface area contributed by atoms with Crippen LogP contribution in [-0.2, 0) is 48.1 Å². The summed E-state index contributed by atoms with van der Waals surface area (Å²) < 4.78 is 7.02. The molecule has 3 heterocycles. The summed E-state index contributed by atoms with van der Waals surface area (Å²) in [4.78, 5) is 81.8. The Kier molecular flexibility index (Phi) is 13.2. The first-order chi connectivity index (χ1) is 25.7. The number of rotatable bonds is 15. The molecule has 292 valence electrons. The second-order valence-corrected chi connectivity index (χ2v) is 15.7. The van der Waals surface area contributed by atoms with Gasteiger partial charge in [0, 0.05) is 61.2 Å².